The summed E-state index contributed by atoms with van der Waals surface area (Å²) in [4.78, 5) is 0. The summed E-state index contributed by atoms with van der Waals surface area (Å²) in [5.41, 5.74) is 1.42. The van der Waals surface area contributed by atoms with E-state index in [1.54, 1.807) is 0 Å². The second kappa shape index (κ2) is 12.1. The fraction of sp³-hybridized carbons (Fsp3) is 0.667. The Hall–Kier alpha value is -0.333. The van der Waals surface area contributed by atoms with E-state index in [1.165, 1.54) is 5.56 Å². The molecule has 132 valence electrons. The minimum atomic E-state index is -2.45. The predicted octanol–water partition coefficient (Wildman–Crippen LogP) is 4.96. The Bertz CT molecular complexity index is 385. The molecule has 0 spiro atoms. The lowest BCUT2D eigenvalue weighted by molar-refractivity contribution is 0.0712. The maximum absolute atomic E-state index is 5.89. The lowest BCUT2D eigenvalue weighted by Gasteiger charge is -2.28. The summed E-state index contributed by atoms with van der Waals surface area (Å²) in [6.07, 6.45) is 1.08. The zero-order valence-corrected chi connectivity index (χ0v) is 16.9. The third-order valence-electron chi connectivity index (χ3n) is 3.60. The van der Waals surface area contributed by atoms with E-state index in [9.17, 15) is 0 Å². The van der Waals surface area contributed by atoms with Crippen LogP contribution in [0.1, 0.15) is 45.6 Å². The van der Waals surface area contributed by atoms with Crippen LogP contribution in [0.3, 0.4) is 0 Å². The van der Waals surface area contributed by atoms with Gasteiger partial charge in [-0.3, -0.25) is 0 Å². The molecule has 0 fully saturated rings. The van der Waals surface area contributed by atoms with E-state index in [1.807, 2.05) is 32.5 Å². The van der Waals surface area contributed by atoms with E-state index >= 15 is 0 Å². The van der Waals surface area contributed by atoms with Crippen LogP contribution >= 0.6 is 11.8 Å². The van der Waals surface area contributed by atoms with Gasteiger partial charge in [0.2, 0.25) is 0 Å². The van der Waals surface area contributed by atoms with Gasteiger partial charge in [-0.1, -0.05) is 37.3 Å². The van der Waals surface area contributed by atoms with E-state index in [-0.39, 0.29) is 0 Å². The molecule has 23 heavy (non-hydrogen) atoms. The van der Waals surface area contributed by atoms with E-state index in [2.05, 4.69) is 37.3 Å². The minimum absolute atomic E-state index is 0.592. The first kappa shape index (κ1) is 20.7. The van der Waals surface area contributed by atoms with Crippen LogP contribution in [0.2, 0.25) is 6.04 Å². The highest BCUT2D eigenvalue weighted by molar-refractivity contribution is 7.99. The van der Waals surface area contributed by atoms with Crippen molar-refractivity contribution in [3.8, 4) is 0 Å². The van der Waals surface area contributed by atoms with Crippen LogP contribution in [0.15, 0.2) is 30.3 Å². The minimum Gasteiger partial charge on any atom is -0.374 e. The summed E-state index contributed by atoms with van der Waals surface area (Å²) in [7, 11) is -2.45. The molecule has 0 radical (unpaired) electrons. The smallest absolute Gasteiger partial charge is 0.374 e. The van der Waals surface area contributed by atoms with Gasteiger partial charge in [-0.2, -0.15) is 11.8 Å². The standard InChI is InChI=1S/C18H32O3SSi/c1-5-19-23(20-6-2,21-7-3)15-11-14-22-16-17(4)18-12-9-8-10-13-18/h8-10,12-13,17H,5-7,11,14-16H2,1-4H3. The van der Waals surface area contributed by atoms with Crippen LogP contribution < -0.4 is 0 Å². The van der Waals surface area contributed by atoms with E-state index < -0.39 is 8.80 Å². The average molecular weight is 357 g/mol. The van der Waals surface area contributed by atoms with Crippen molar-refractivity contribution in [3.05, 3.63) is 35.9 Å². The normalized spacial score (nSPS) is 13.2. The van der Waals surface area contributed by atoms with Gasteiger partial charge in [0.1, 0.15) is 0 Å². The number of hydrogen-bond donors (Lipinski definition) is 0. The van der Waals surface area contributed by atoms with Gasteiger partial charge in [-0.25, -0.2) is 0 Å². The molecule has 0 N–H and O–H groups in total. The van der Waals surface area contributed by atoms with Crippen LogP contribution in [-0.4, -0.2) is 40.1 Å². The van der Waals surface area contributed by atoms with Gasteiger partial charge in [0, 0.05) is 25.9 Å². The molecule has 5 heteroatoms. The zero-order valence-electron chi connectivity index (χ0n) is 15.0. The van der Waals surface area contributed by atoms with Crippen molar-refractivity contribution in [1.29, 1.82) is 0 Å². The predicted molar refractivity (Wildman–Crippen MR) is 102 cm³/mol. The van der Waals surface area contributed by atoms with E-state index in [4.69, 9.17) is 13.3 Å². The monoisotopic (exact) mass is 356 g/mol. The molecule has 0 aliphatic heterocycles. The van der Waals surface area contributed by atoms with E-state index in [0.717, 1.165) is 24.0 Å². The molecule has 0 aromatic heterocycles. The highest BCUT2D eigenvalue weighted by atomic mass is 32.2. The molecule has 1 rings (SSSR count). The summed E-state index contributed by atoms with van der Waals surface area (Å²) >= 11 is 2.01. The number of rotatable bonds is 13. The Kier molecular flexibility index (Phi) is 10.9. The van der Waals surface area contributed by atoms with Crippen LogP contribution in [0.4, 0.5) is 0 Å². The second-order valence-corrected chi connectivity index (χ2v) is 9.35. The summed E-state index contributed by atoms with van der Waals surface area (Å²) in [6, 6.07) is 11.6. The molecule has 0 saturated carbocycles. The van der Waals surface area contributed by atoms with Gasteiger partial charge in [-0.05, 0) is 50.2 Å². The van der Waals surface area contributed by atoms with Crippen LogP contribution in [0.5, 0.6) is 0 Å². The second-order valence-electron chi connectivity index (χ2n) is 5.47. The third kappa shape index (κ3) is 7.85. The first-order chi connectivity index (χ1) is 11.2. The van der Waals surface area contributed by atoms with Gasteiger partial charge >= 0.3 is 8.80 Å². The SMILES string of the molecule is CCO[Si](CCCSCC(C)c1ccccc1)(OCC)OCC. The zero-order chi connectivity index (χ0) is 17.0. The van der Waals surface area contributed by atoms with Gasteiger partial charge in [0.05, 0.1) is 0 Å². The first-order valence-corrected chi connectivity index (χ1v) is 11.8. The van der Waals surface area contributed by atoms with Crippen LogP contribution in [-0.2, 0) is 13.3 Å². The molecule has 0 heterocycles. The molecule has 0 aliphatic rings. The van der Waals surface area contributed by atoms with Crippen molar-refractivity contribution in [2.45, 2.75) is 46.1 Å². The Morgan fingerprint density at radius 3 is 2.04 bits per heavy atom. The highest BCUT2D eigenvalue weighted by Crippen LogP contribution is 2.23. The molecule has 0 bridgehead atoms. The maximum Gasteiger partial charge on any atom is 0.500 e. The number of benzene rings is 1. The number of hydrogen-bond acceptors (Lipinski definition) is 4. The fourth-order valence-corrected chi connectivity index (χ4v) is 6.46. The Morgan fingerprint density at radius 1 is 0.957 bits per heavy atom. The quantitative estimate of drug-likeness (QED) is 0.369. The number of thioether (sulfide) groups is 1. The lowest BCUT2D eigenvalue weighted by atomic mass is 10.0. The highest BCUT2D eigenvalue weighted by Gasteiger charge is 2.39. The van der Waals surface area contributed by atoms with Crippen molar-refractivity contribution in [3.63, 3.8) is 0 Å². The first-order valence-electron chi connectivity index (χ1n) is 8.72. The largest absolute Gasteiger partial charge is 0.500 e. The van der Waals surface area contributed by atoms with Gasteiger partial charge in [0.25, 0.3) is 0 Å². The topological polar surface area (TPSA) is 27.7 Å². The lowest BCUT2D eigenvalue weighted by Crippen LogP contribution is -2.46. The van der Waals surface area contributed by atoms with Gasteiger partial charge < -0.3 is 13.3 Å². The molecule has 0 amide bonds. The summed E-state index contributed by atoms with van der Waals surface area (Å²) < 4.78 is 17.7. The van der Waals surface area contributed by atoms with Crippen molar-refractivity contribution >= 4 is 20.6 Å². The molecular formula is C18H32O3SSi. The third-order valence-corrected chi connectivity index (χ3v) is 8.07. The molecule has 1 unspecified atom stereocenters. The summed E-state index contributed by atoms with van der Waals surface area (Å²) in [5.74, 6) is 2.86. The van der Waals surface area contributed by atoms with E-state index in [0.29, 0.717) is 25.7 Å². The molecule has 0 aliphatic carbocycles. The molecule has 3 nitrogen and oxygen atoms in total. The molecule has 1 aromatic rings. The molecular weight excluding hydrogens is 324 g/mol. The van der Waals surface area contributed by atoms with Crippen LogP contribution in [0.25, 0.3) is 0 Å². The fourth-order valence-electron chi connectivity index (χ4n) is 2.53. The Balaban J connectivity index is 2.33. The average Bonchev–Trinajstić information content (AvgIpc) is 2.56. The van der Waals surface area contributed by atoms with Gasteiger partial charge in [-0.15, -0.1) is 0 Å². The van der Waals surface area contributed by atoms with Crippen molar-refractivity contribution in [2.24, 2.45) is 0 Å². The Morgan fingerprint density at radius 2 is 1.52 bits per heavy atom. The van der Waals surface area contributed by atoms with Gasteiger partial charge in [0.15, 0.2) is 0 Å². The Labute approximate surface area is 147 Å². The van der Waals surface area contributed by atoms with Crippen molar-refractivity contribution in [2.75, 3.05) is 31.3 Å². The molecule has 1 aromatic carbocycles. The molecule has 0 saturated heterocycles. The maximum atomic E-state index is 5.89. The summed E-state index contributed by atoms with van der Waals surface area (Å²) in [5, 5.41) is 0. The van der Waals surface area contributed by atoms with Crippen LogP contribution in [0, 0.1) is 0 Å². The molecule has 1 atom stereocenters. The van der Waals surface area contributed by atoms with Crippen molar-refractivity contribution < 1.29 is 13.3 Å². The summed E-state index contributed by atoms with van der Waals surface area (Å²) in [6.45, 7) is 10.3. The van der Waals surface area contributed by atoms with Crippen molar-refractivity contribution in [1.82, 2.24) is 0 Å².